The molecule has 0 amide bonds. The Morgan fingerprint density at radius 1 is 1.50 bits per heavy atom. The molecule has 0 heterocycles. The molecule has 84 valence electrons. The van der Waals surface area contributed by atoms with Crippen LogP contribution in [0.3, 0.4) is 0 Å². The molecule has 0 aliphatic heterocycles. The lowest BCUT2D eigenvalue weighted by Crippen LogP contribution is -2.38. The smallest absolute Gasteiger partial charge is 0.0618 e. The predicted octanol–water partition coefficient (Wildman–Crippen LogP) is 2.17. The van der Waals surface area contributed by atoms with Crippen molar-refractivity contribution in [3.63, 3.8) is 0 Å². The van der Waals surface area contributed by atoms with E-state index in [9.17, 15) is 0 Å². The third-order valence-electron chi connectivity index (χ3n) is 2.04. The van der Waals surface area contributed by atoms with Crippen molar-refractivity contribution in [3.8, 4) is 0 Å². The van der Waals surface area contributed by atoms with Crippen LogP contribution in [0.1, 0.15) is 13.8 Å². The lowest BCUT2D eigenvalue weighted by Gasteiger charge is -2.21. The average Bonchev–Trinajstić information content (AvgIpc) is 2.15. The van der Waals surface area contributed by atoms with Gasteiger partial charge < -0.3 is 10.1 Å². The molecule has 2 nitrogen and oxygen atoms in total. The Morgan fingerprint density at radius 3 is 2.71 bits per heavy atom. The topological polar surface area (TPSA) is 21.3 Å². The average molecular weight is 217 g/mol. The van der Waals surface area contributed by atoms with Crippen LogP contribution in [-0.4, -0.2) is 37.8 Å². The number of ether oxygens (including phenoxy) is 1. The lowest BCUT2D eigenvalue weighted by atomic mass is 10.1. The maximum atomic E-state index is 5.16. The van der Waals surface area contributed by atoms with Crippen molar-refractivity contribution in [1.29, 1.82) is 0 Å². The monoisotopic (exact) mass is 217 g/mol. The predicted molar refractivity (Wildman–Crippen MR) is 66.0 cm³/mol. The Balaban J connectivity index is 3.45. The molecule has 1 N–H and O–H groups in total. The van der Waals surface area contributed by atoms with Crippen LogP contribution in [0.2, 0.25) is 0 Å². The molecule has 3 heteroatoms. The van der Waals surface area contributed by atoms with Gasteiger partial charge in [0.15, 0.2) is 0 Å². The summed E-state index contributed by atoms with van der Waals surface area (Å²) < 4.78 is 5.16. The number of nitrogens with one attached hydrogen (secondary N) is 1. The maximum Gasteiger partial charge on any atom is 0.0618 e. The molecular formula is C11H23NOS. The van der Waals surface area contributed by atoms with Crippen molar-refractivity contribution in [2.24, 2.45) is 5.92 Å². The van der Waals surface area contributed by atoms with Crippen LogP contribution in [0.25, 0.3) is 0 Å². The largest absolute Gasteiger partial charge is 0.383 e. The van der Waals surface area contributed by atoms with Gasteiger partial charge in [-0.2, -0.15) is 11.8 Å². The van der Waals surface area contributed by atoms with E-state index >= 15 is 0 Å². The molecule has 1 unspecified atom stereocenters. The Kier molecular flexibility index (Phi) is 9.57. The van der Waals surface area contributed by atoms with Gasteiger partial charge >= 0.3 is 0 Å². The minimum atomic E-state index is 0.476. The van der Waals surface area contributed by atoms with Crippen LogP contribution < -0.4 is 5.32 Å². The summed E-state index contributed by atoms with van der Waals surface area (Å²) in [5.74, 6) is 2.80. The third kappa shape index (κ3) is 7.42. The van der Waals surface area contributed by atoms with Crippen LogP contribution in [0.15, 0.2) is 12.7 Å². The van der Waals surface area contributed by atoms with Gasteiger partial charge in [0.25, 0.3) is 0 Å². The number of rotatable bonds is 9. The molecule has 0 aromatic carbocycles. The quantitative estimate of drug-likeness (QED) is 0.472. The molecule has 0 fully saturated rings. The van der Waals surface area contributed by atoms with Crippen molar-refractivity contribution in [2.75, 3.05) is 31.8 Å². The molecule has 14 heavy (non-hydrogen) atoms. The highest BCUT2D eigenvalue weighted by Gasteiger charge is 2.11. The second-order valence-electron chi connectivity index (χ2n) is 3.62. The minimum Gasteiger partial charge on any atom is -0.383 e. The number of hydrogen-bond donors (Lipinski definition) is 1. The summed E-state index contributed by atoms with van der Waals surface area (Å²) in [7, 11) is 1.75. The Hall–Kier alpha value is 0.01000. The van der Waals surface area contributed by atoms with Crippen molar-refractivity contribution < 1.29 is 4.74 Å². The van der Waals surface area contributed by atoms with Crippen LogP contribution in [0.4, 0.5) is 0 Å². The highest BCUT2D eigenvalue weighted by atomic mass is 32.2. The van der Waals surface area contributed by atoms with Crippen molar-refractivity contribution in [1.82, 2.24) is 5.32 Å². The molecule has 0 radical (unpaired) electrons. The fourth-order valence-electron chi connectivity index (χ4n) is 1.15. The molecular weight excluding hydrogens is 194 g/mol. The van der Waals surface area contributed by atoms with E-state index < -0.39 is 0 Å². The first-order valence-corrected chi connectivity index (χ1v) is 6.28. The standard InChI is InChI=1S/C11H23NOS/c1-5-7-14-8-6-12-11(9-13-4)10(2)3/h5,10-12H,1,6-9H2,2-4H3. The summed E-state index contributed by atoms with van der Waals surface area (Å²) in [5, 5.41) is 3.50. The van der Waals surface area contributed by atoms with E-state index in [4.69, 9.17) is 4.74 Å². The Labute approximate surface area is 92.5 Å². The highest BCUT2D eigenvalue weighted by Crippen LogP contribution is 2.03. The van der Waals surface area contributed by atoms with E-state index in [0.717, 1.165) is 24.7 Å². The lowest BCUT2D eigenvalue weighted by molar-refractivity contribution is 0.148. The molecule has 0 aromatic heterocycles. The highest BCUT2D eigenvalue weighted by molar-refractivity contribution is 7.99. The summed E-state index contributed by atoms with van der Waals surface area (Å²) in [6.07, 6.45) is 1.94. The van der Waals surface area contributed by atoms with Gasteiger partial charge in [0.2, 0.25) is 0 Å². The number of hydrogen-bond acceptors (Lipinski definition) is 3. The first-order chi connectivity index (χ1) is 6.72. The molecule has 0 saturated carbocycles. The van der Waals surface area contributed by atoms with Gasteiger partial charge in [0.05, 0.1) is 6.61 Å². The summed E-state index contributed by atoms with van der Waals surface area (Å²) in [5.41, 5.74) is 0. The second kappa shape index (κ2) is 9.56. The molecule has 0 spiro atoms. The van der Waals surface area contributed by atoms with Crippen molar-refractivity contribution >= 4 is 11.8 Å². The molecule has 0 aliphatic carbocycles. The van der Waals surface area contributed by atoms with Crippen LogP contribution in [-0.2, 0) is 4.74 Å². The SMILES string of the molecule is C=CCSCCNC(COC)C(C)C. The molecule has 0 aliphatic rings. The summed E-state index contributed by atoms with van der Waals surface area (Å²) >= 11 is 1.90. The third-order valence-corrected chi connectivity index (χ3v) is 3.00. The summed E-state index contributed by atoms with van der Waals surface area (Å²) in [6, 6.07) is 0.476. The van der Waals surface area contributed by atoms with Crippen molar-refractivity contribution in [3.05, 3.63) is 12.7 Å². The molecule has 0 bridgehead atoms. The number of methoxy groups -OCH3 is 1. The van der Waals surface area contributed by atoms with Crippen LogP contribution >= 0.6 is 11.8 Å². The summed E-state index contributed by atoms with van der Waals surface area (Å²) in [4.78, 5) is 0. The van der Waals surface area contributed by atoms with E-state index in [1.54, 1.807) is 7.11 Å². The first kappa shape index (κ1) is 14.0. The fourth-order valence-corrected chi connectivity index (χ4v) is 1.75. The van der Waals surface area contributed by atoms with E-state index in [2.05, 4.69) is 25.7 Å². The van der Waals surface area contributed by atoms with Crippen LogP contribution in [0.5, 0.6) is 0 Å². The van der Waals surface area contributed by atoms with Crippen LogP contribution in [0, 0.1) is 5.92 Å². The molecule has 0 saturated heterocycles. The van der Waals surface area contributed by atoms with Gasteiger partial charge in [-0.05, 0) is 5.92 Å². The zero-order valence-corrected chi connectivity index (χ0v) is 10.4. The fraction of sp³-hybridized carbons (Fsp3) is 0.818. The Morgan fingerprint density at radius 2 is 2.21 bits per heavy atom. The van der Waals surface area contributed by atoms with E-state index in [0.29, 0.717) is 12.0 Å². The minimum absolute atomic E-state index is 0.476. The summed E-state index contributed by atoms with van der Waals surface area (Å²) in [6.45, 7) is 9.96. The van der Waals surface area contributed by atoms with E-state index in [-0.39, 0.29) is 0 Å². The van der Waals surface area contributed by atoms with E-state index in [1.165, 1.54) is 0 Å². The zero-order chi connectivity index (χ0) is 10.8. The molecule has 0 rings (SSSR count). The second-order valence-corrected chi connectivity index (χ2v) is 4.77. The Bertz CT molecular complexity index is 139. The number of thioether (sulfide) groups is 1. The normalized spacial score (nSPS) is 13.1. The van der Waals surface area contributed by atoms with E-state index in [1.807, 2.05) is 17.8 Å². The van der Waals surface area contributed by atoms with Gasteiger partial charge in [0.1, 0.15) is 0 Å². The van der Waals surface area contributed by atoms with Gasteiger partial charge in [-0.25, -0.2) is 0 Å². The van der Waals surface area contributed by atoms with Gasteiger partial charge in [-0.1, -0.05) is 19.9 Å². The van der Waals surface area contributed by atoms with Crippen molar-refractivity contribution in [2.45, 2.75) is 19.9 Å². The molecule has 1 atom stereocenters. The van der Waals surface area contributed by atoms with Gasteiger partial charge in [0, 0.05) is 31.2 Å². The van der Waals surface area contributed by atoms with Gasteiger partial charge in [-0.15, -0.1) is 6.58 Å². The van der Waals surface area contributed by atoms with Gasteiger partial charge in [-0.3, -0.25) is 0 Å². The first-order valence-electron chi connectivity index (χ1n) is 5.13. The maximum absolute atomic E-state index is 5.16. The zero-order valence-electron chi connectivity index (χ0n) is 9.58. The molecule has 0 aromatic rings.